The second-order valence-corrected chi connectivity index (χ2v) is 8.39. The van der Waals surface area contributed by atoms with Crippen molar-refractivity contribution in [1.29, 1.82) is 0 Å². The van der Waals surface area contributed by atoms with Gasteiger partial charge in [0.2, 0.25) is 5.91 Å². The summed E-state index contributed by atoms with van der Waals surface area (Å²) in [4.78, 5) is 20.3. The van der Waals surface area contributed by atoms with E-state index in [-0.39, 0.29) is 16.8 Å². The minimum Gasteiger partial charge on any atom is -0.324 e. The molecule has 1 aliphatic rings. The van der Waals surface area contributed by atoms with Crippen molar-refractivity contribution in [2.45, 2.75) is 30.7 Å². The minimum atomic E-state index is -4.88. The Hall–Kier alpha value is -3.02. The van der Waals surface area contributed by atoms with Crippen LogP contribution in [0.2, 0.25) is 0 Å². The molecule has 0 bridgehead atoms. The van der Waals surface area contributed by atoms with Gasteiger partial charge in [-0.25, -0.2) is 18.7 Å². The highest BCUT2D eigenvalue weighted by atomic mass is 32.2. The second-order valence-electron chi connectivity index (χ2n) is 7.08. The van der Waals surface area contributed by atoms with E-state index < -0.39 is 41.3 Å². The fourth-order valence-electron chi connectivity index (χ4n) is 3.29. The normalized spacial score (nSPS) is 16.3. The first kappa shape index (κ1) is 22.2. The van der Waals surface area contributed by atoms with Crippen molar-refractivity contribution in [1.82, 2.24) is 19.7 Å². The Morgan fingerprint density at radius 1 is 1.25 bits per heavy atom. The number of amides is 1. The number of aromatic nitrogens is 4. The summed E-state index contributed by atoms with van der Waals surface area (Å²) in [6.45, 7) is 0. The van der Waals surface area contributed by atoms with Crippen molar-refractivity contribution in [2.75, 3.05) is 11.1 Å². The number of halogens is 5. The van der Waals surface area contributed by atoms with Crippen molar-refractivity contribution in [3.8, 4) is 5.82 Å². The zero-order valence-corrected chi connectivity index (χ0v) is 17.2. The molecule has 3 heterocycles. The number of hydrogen-bond donors (Lipinski definition) is 1. The molecule has 1 fully saturated rings. The van der Waals surface area contributed by atoms with Gasteiger partial charge in [0.25, 0.3) is 0 Å². The number of carbonyl (C=O) groups excluding carboxylic acids is 1. The molecule has 1 aromatic carbocycles. The molecule has 12 heteroatoms. The van der Waals surface area contributed by atoms with E-state index in [0.29, 0.717) is 11.9 Å². The summed E-state index contributed by atoms with van der Waals surface area (Å²) < 4.78 is 68.3. The fourth-order valence-corrected chi connectivity index (χ4v) is 4.50. The quantitative estimate of drug-likeness (QED) is 0.548. The molecule has 4 rings (SSSR count). The number of hydrogen-bond acceptors (Lipinski definition) is 5. The summed E-state index contributed by atoms with van der Waals surface area (Å²) in [5.41, 5.74) is -1.92. The van der Waals surface area contributed by atoms with E-state index >= 15 is 0 Å². The SMILES string of the molecule is O=C(Cc1cccc(C(F)(F)F)c1F)Nc1cnc(-n2cnc(C3CCCS3)n2)c(F)c1. The molecular formula is C20H16F5N5OS. The molecule has 1 N–H and O–H groups in total. The van der Waals surface area contributed by atoms with Crippen LogP contribution in [0, 0.1) is 11.6 Å². The van der Waals surface area contributed by atoms with Gasteiger partial charge in [-0.15, -0.1) is 5.10 Å². The largest absolute Gasteiger partial charge is 0.419 e. The molecule has 168 valence electrons. The predicted molar refractivity (Wildman–Crippen MR) is 107 cm³/mol. The summed E-state index contributed by atoms with van der Waals surface area (Å²) in [5, 5.41) is 6.74. The molecule has 0 radical (unpaired) electrons. The number of rotatable bonds is 5. The summed E-state index contributed by atoms with van der Waals surface area (Å²) >= 11 is 1.73. The number of pyridine rings is 1. The Labute approximate surface area is 183 Å². The van der Waals surface area contributed by atoms with Crippen LogP contribution in [0.5, 0.6) is 0 Å². The Morgan fingerprint density at radius 2 is 2.06 bits per heavy atom. The Morgan fingerprint density at radius 3 is 2.75 bits per heavy atom. The first-order valence-corrected chi connectivity index (χ1v) is 10.6. The lowest BCUT2D eigenvalue weighted by Gasteiger charge is -2.11. The first-order chi connectivity index (χ1) is 15.2. The monoisotopic (exact) mass is 469 g/mol. The molecule has 0 aliphatic carbocycles. The Balaban J connectivity index is 1.46. The van der Waals surface area contributed by atoms with Gasteiger partial charge in [-0.1, -0.05) is 12.1 Å². The van der Waals surface area contributed by atoms with Gasteiger partial charge < -0.3 is 5.32 Å². The average Bonchev–Trinajstić information content (AvgIpc) is 3.40. The third kappa shape index (κ3) is 4.74. The van der Waals surface area contributed by atoms with Gasteiger partial charge in [-0.2, -0.15) is 29.6 Å². The Kier molecular flexibility index (Phi) is 6.13. The molecule has 32 heavy (non-hydrogen) atoms. The van der Waals surface area contributed by atoms with Crippen LogP contribution in [-0.2, 0) is 17.4 Å². The average molecular weight is 469 g/mol. The topological polar surface area (TPSA) is 72.7 Å². The molecule has 1 unspecified atom stereocenters. The van der Waals surface area contributed by atoms with Crippen molar-refractivity contribution in [3.05, 3.63) is 65.4 Å². The van der Waals surface area contributed by atoms with Crippen LogP contribution in [0.4, 0.5) is 27.6 Å². The molecule has 1 amide bonds. The first-order valence-electron chi connectivity index (χ1n) is 9.56. The van der Waals surface area contributed by atoms with Crippen LogP contribution < -0.4 is 5.32 Å². The summed E-state index contributed by atoms with van der Waals surface area (Å²) in [6.07, 6.45) is -1.00. The molecule has 0 spiro atoms. The van der Waals surface area contributed by atoms with E-state index in [1.54, 1.807) is 11.8 Å². The van der Waals surface area contributed by atoms with Crippen molar-refractivity contribution < 1.29 is 26.7 Å². The standard InChI is InChI=1S/C20H16F5N5OS/c21-14-8-12(9-26-19(14)30-10-27-18(29-30)15-5-2-6-32-15)28-16(31)7-11-3-1-4-13(17(11)22)20(23,24)25/h1,3-4,8-10,15H,2,5-7H2,(H,28,31). The molecular weight excluding hydrogens is 453 g/mol. The van der Waals surface area contributed by atoms with E-state index in [1.807, 2.05) is 0 Å². The van der Waals surface area contributed by atoms with Crippen LogP contribution in [0.25, 0.3) is 5.82 Å². The van der Waals surface area contributed by atoms with E-state index in [9.17, 15) is 26.7 Å². The van der Waals surface area contributed by atoms with Gasteiger partial charge in [-0.05, 0) is 30.2 Å². The number of anilines is 1. The van der Waals surface area contributed by atoms with E-state index in [0.717, 1.165) is 36.8 Å². The number of thioether (sulfide) groups is 1. The van der Waals surface area contributed by atoms with Gasteiger partial charge in [0.1, 0.15) is 12.1 Å². The Bertz CT molecular complexity index is 1140. The lowest BCUT2D eigenvalue weighted by atomic mass is 10.1. The van der Waals surface area contributed by atoms with Crippen molar-refractivity contribution >= 4 is 23.4 Å². The van der Waals surface area contributed by atoms with Gasteiger partial charge in [-0.3, -0.25) is 4.79 Å². The third-order valence-electron chi connectivity index (χ3n) is 4.78. The molecule has 1 atom stereocenters. The van der Waals surface area contributed by atoms with Gasteiger partial charge in [0, 0.05) is 6.07 Å². The zero-order chi connectivity index (χ0) is 22.9. The molecule has 1 aliphatic heterocycles. The van der Waals surface area contributed by atoms with Gasteiger partial charge in [0.15, 0.2) is 17.5 Å². The smallest absolute Gasteiger partial charge is 0.324 e. The number of carbonyl (C=O) groups is 1. The molecule has 6 nitrogen and oxygen atoms in total. The maximum Gasteiger partial charge on any atom is 0.419 e. The highest BCUT2D eigenvalue weighted by Gasteiger charge is 2.35. The molecule has 1 saturated heterocycles. The number of nitrogens with zero attached hydrogens (tertiary/aromatic N) is 4. The zero-order valence-electron chi connectivity index (χ0n) is 16.4. The van der Waals surface area contributed by atoms with E-state index in [4.69, 9.17) is 0 Å². The predicted octanol–water partition coefficient (Wildman–Crippen LogP) is 4.71. The number of nitrogens with one attached hydrogen (secondary N) is 1. The maximum absolute atomic E-state index is 14.6. The fraction of sp³-hybridized carbons (Fsp3) is 0.300. The second kappa shape index (κ2) is 8.85. The lowest BCUT2D eigenvalue weighted by Crippen LogP contribution is -2.17. The van der Waals surface area contributed by atoms with Gasteiger partial charge in [0.05, 0.1) is 29.1 Å². The third-order valence-corrected chi connectivity index (χ3v) is 6.16. The lowest BCUT2D eigenvalue weighted by molar-refractivity contribution is -0.140. The molecule has 3 aromatic rings. The summed E-state index contributed by atoms with van der Waals surface area (Å²) in [6, 6.07) is 3.68. The van der Waals surface area contributed by atoms with Crippen LogP contribution >= 0.6 is 11.8 Å². The van der Waals surface area contributed by atoms with Crippen LogP contribution in [-0.4, -0.2) is 31.4 Å². The van der Waals surface area contributed by atoms with Crippen molar-refractivity contribution in [2.24, 2.45) is 0 Å². The van der Waals surface area contributed by atoms with Gasteiger partial charge >= 0.3 is 6.18 Å². The summed E-state index contributed by atoms with van der Waals surface area (Å²) in [5.74, 6) is -1.63. The maximum atomic E-state index is 14.6. The van der Waals surface area contributed by atoms with E-state index in [2.05, 4.69) is 20.4 Å². The summed E-state index contributed by atoms with van der Waals surface area (Å²) in [7, 11) is 0. The minimum absolute atomic E-state index is 0.0321. The van der Waals surface area contributed by atoms with E-state index in [1.165, 1.54) is 17.2 Å². The highest BCUT2D eigenvalue weighted by molar-refractivity contribution is 7.99. The number of alkyl halides is 3. The van der Waals surface area contributed by atoms with Crippen molar-refractivity contribution in [3.63, 3.8) is 0 Å². The number of benzene rings is 1. The van der Waals surface area contributed by atoms with Crippen LogP contribution in [0.1, 0.15) is 35.0 Å². The molecule has 2 aromatic heterocycles. The highest BCUT2D eigenvalue weighted by Crippen LogP contribution is 2.38. The van der Waals surface area contributed by atoms with Crippen LogP contribution in [0.15, 0.2) is 36.8 Å². The molecule has 0 saturated carbocycles. The van der Waals surface area contributed by atoms with Crippen LogP contribution in [0.3, 0.4) is 0 Å².